The van der Waals surface area contributed by atoms with Crippen LogP contribution in [0, 0.1) is 12.7 Å². The number of hydrogen-bond donors (Lipinski definition) is 1. The van der Waals surface area contributed by atoms with Gasteiger partial charge in [-0.15, -0.1) is 0 Å². The van der Waals surface area contributed by atoms with Crippen molar-refractivity contribution in [2.75, 3.05) is 20.2 Å². The van der Waals surface area contributed by atoms with E-state index in [-0.39, 0.29) is 17.3 Å². The highest BCUT2D eigenvalue weighted by molar-refractivity contribution is 5.29. The van der Waals surface area contributed by atoms with Gasteiger partial charge in [0.1, 0.15) is 17.4 Å². The molecule has 0 radical (unpaired) electrons. The quantitative estimate of drug-likeness (QED) is 0.936. The summed E-state index contributed by atoms with van der Waals surface area (Å²) in [6.07, 6.45) is 2.00. The molecule has 1 fully saturated rings. The highest BCUT2D eigenvalue weighted by Crippen LogP contribution is 2.27. The lowest BCUT2D eigenvalue weighted by Gasteiger charge is -2.32. The number of hydrogen-bond acceptors (Lipinski definition) is 4. The minimum atomic E-state index is -0.219. The Morgan fingerprint density at radius 2 is 2.25 bits per heavy atom. The van der Waals surface area contributed by atoms with Crippen molar-refractivity contribution >= 4 is 0 Å². The van der Waals surface area contributed by atoms with E-state index < -0.39 is 0 Å². The summed E-state index contributed by atoms with van der Waals surface area (Å²) in [5.74, 6) is 1.27. The molecule has 1 aromatic carbocycles. The van der Waals surface area contributed by atoms with Crippen molar-refractivity contribution in [1.29, 1.82) is 0 Å². The lowest BCUT2D eigenvalue weighted by atomic mass is 9.94. The standard InChI is InChI=1S/C18H22FN3O2/c1-12-20-17(9-18(23)21-12)13-4-3-7-22(10-13)11-14-8-15(24-2)5-6-16(14)19/h5-6,8-9,13H,3-4,7,10-11H2,1-2H3,(H,20,21,23)/t13-/m0/s1. The average Bonchev–Trinajstić information content (AvgIpc) is 2.56. The van der Waals surface area contributed by atoms with Gasteiger partial charge in [-0.3, -0.25) is 9.69 Å². The fourth-order valence-electron chi connectivity index (χ4n) is 3.29. The molecule has 0 amide bonds. The van der Waals surface area contributed by atoms with Gasteiger partial charge in [0.05, 0.1) is 12.8 Å². The molecule has 1 aromatic heterocycles. The summed E-state index contributed by atoms with van der Waals surface area (Å²) >= 11 is 0. The Kier molecular flexibility index (Phi) is 4.94. The molecule has 0 aliphatic carbocycles. The second-order valence-electron chi connectivity index (χ2n) is 6.29. The molecule has 1 aliphatic rings. The average molecular weight is 331 g/mol. The zero-order chi connectivity index (χ0) is 17.1. The summed E-state index contributed by atoms with van der Waals surface area (Å²) in [5.41, 5.74) is 1.34. The van der Waals surface area contributed by atoms with Crippen LogP contribution >= 0.6 is 0 Å². The van der Waals surface area contributed by atoms with Gasteiger partial charge in [0.25, 0.3) is 5.56 Å². The Bertz CT molecular complexity index is 775. The molecule has 0 spiro atoms. The SMILES string of the molecule is COc1ccc(F)c(CN2CCC[C@H](c3cc(=O)[nH]c(C)n3)C2)c1. The summed E-state index contributed by atoms with van der Waals surface area (Å²) in [6.45, 7) is 4.00. The molecule has 24 heavy (non-hydrogen) atoms. The molecule has 2 aromatic rings. The second-order valence-corrected chi connectivity index (χ2v) is 6.29. The van der Waals surface area contributed by atoms with E-state index in [0.29, 0.717) is 23.7 Å². The third-order valence-electron chi connectivity index (χ3n) is 4.45. The molecular weight excluding hydrogens is 309 g/mol. The van der Waals surface area contributed by atoms with Crippen molar-refractivity contribution in [2.45, 2.75) is 32.2 Å². The number of nitrogens with one attached hydrogen (secondary N) is 1. The highest BCUT2D eigenvalue weighted by Gasteiger charge is 2.23. The van der Waals surface area contributed by atoms with Crippen LogP contribution in [0.15, 0.2) is 29.1 Å². The van der Waals surface area contributed by atoms with Crippen LogP contribution in [0.25, 0.3) is 0 Å². The number of aryl methyl sites for hydroxylation is 1. The molecule has 3 rings (SSSR count). The monoisotopic (exact) mass is 331 g/mol. The largest absolute Gasteiger partial charge is 0.497 e. The number of methoxy groups -OCH3 is 1. The number of aromatic amines is 1. The second kappa shape index (κ2) is 7.13. The lowest BCUT2D eigenvalue weighted by Crippen LogP contribution is -2.35. The number of nitrogens with zero attached hydrogens (tertiary/aromatic N) is 2. The summed E-state index contributed by atoms with van der Waals surface area (Å²) < 4.78 is 19.2. The first-order chi connectivity index (χ1) is 11.5. The molecule has 0 bridgehead atoms. The molecule has 0 saturated carbocycles. The summed E-state index contributed by atoms with van der Waals surface area (Å²) in [6, 6.07) is 6.39. The number of aromatic nitrogens is 2. The van der Waals surface area contributed by atoms with Crippen LogP contribution in [0.5, 0.6) is 5.75 Å². The van der Waals surface area contributed by atoms with E-state index in [2.05, 4.69) is 14.9 Å². The van der Waals surface area contributed by atoms with Crippen molar-refractivity contribution in [1.82, 2.24) is 14.9 Å². The Morgan fingerprint density at radius 3 is 3.00 bits per heavy atom. The fourth-order valence-corrected chi connectivity index (χ4v) is 3.29. The number of halogens is 1. The van der Waals surface area contributed by atoms with Crippen molar-refractivity contribution in [3.63, 3.8) is 0 Å². The molecular formula is C18H22FN3O2. The molecule has 1 N–H and O–H groups in total. The Labute approximate surface area is 140 Å². The van der Waals surface area contributed by atoms with Crippen molar-refractivity contribution < 1.29 is 9.13 Å². The van der Waals surface area contributed by atoms with Crippen LogP contribution in [-0.2, 0) is 6.54 Å². The topological polar surface area (TPSA) is 58.2 Å². The zero-order valence-electron chi connectivity index (χ0n) is 14.0. The van der Waals surface area contributed by atoms with E-state index in [0.717, 1.165) is 31.6 Å². The van der Waals surface area contributed by atoms with Gasteiger partial charge in [0, 0.05) is 30.6 Å². The van der Waals surface area contributed by atoms with Gasteiger partial charge in [-0.1, -0.05) is 0 Å². The first-order valence-electron chi connectivity index (χ1n) is 8.18. The van der Waals surface area contributed by atoms with Crippen LogP contribution in [0.2, 0.25) is 0 Å². The predicted octanol–water partition coefficient (Wildman–Crippen LogP) is 2.61. The van der Waals surface area contributed by atoms with E-state index in [1.807, 2.05) is 0 Å². The predicted molar refractivity (Wildman–Crippen MR) is 89.8 cm³/mol. The van der Waals surface area contributed by atoms with Gasteiger partial charge >= 0.3 is 0 Å². The van der Waals surface area contributed by atoms with E-state index in [1.165, 1.54) is 6.07 Å². The molecule has 5 nitrogen and oxygen atoms in total. The van der Waals surface area contributed by atoms with E-state index in [9.17, 15) is 9.18 Å². The molecule has 1 saturated heterocycles. The highest BCUT2D eigenvalue weighted by atomic mass is 19.1. The minimum absolute atomic E-state index is 0.117. The van der Waals surface area contributed by atoms with Crippen molar-refractivity contribution in [3.8, 4) is 5.75 Å². The Balaban J connectivity index is 1.75. The van der Waals surface area contributed by atoms with Crippen LogP contribution in [0.4, 0.5) is 4.39 Å². The summed E-state index contributed by atoms with van der Waals surface area (Å²) in [4.78, 5) is 21.0. The van der Waals surface area contributed by atoms with Crippen LogP contribution in [0.1, 0.15) is 35.8 Å². The van der Waals surface area contributed by atoms with Gasteiger partial charge in [0.2, 0.25) is 0 Å². The Morgan fingerprint density at radius 1 is 1.42 bits per heavy atom. The normalized spacial score (nSPS) is 18.5. The van der Waals surface area contributed by atoms with Gasteiger partial charge in [-0.05, 0) is 44.5 Å². The maximum atomic E-state index is 14.0. The summed E-state index contributed by atoms with van der Waals surface area (Å²) in [5, 5.41) is 0. The molecule has 1 atom stereocenters. The van der Waals surface area contributed by atoms with Crippen LogP contribution in [-0.4, -0.2) is 35.1 Å². The number of likely N-dealkylation sites (tertiary alicyclic amines) is 1. The summed E-state index contributed by atoms with van der Waals surface area (Å²) in [7, 11) is 1.58. The molecule has 2 heterocycles. The van der Waals surface area contributed by atoms with Gasteiger partial charge < -0.3 is 9.72 Å². The third kappa shape index (κ3) is 3.82. The molecule has 6 heteroatoms. The fraction of sp³-hybridized carbons (Fsp3) is 0.444. The minimum Gasteiger partial charge on any atom is -0.497 e. The molecule has 128 valence electrons. The smallest absolute Gasteiger partial charge is 0.251 e. The van der Waals surface area contributed by atoms with Crippen LogP contribution < -0.4 is 10.3 Å². The lowest BCUT2D eigenvalue weighted by molar-refractivity contribution is 0.196. The first-order valence-corrected chi connectivity index (χ1v) is 8.18. The molecule has 0 unspecified atom stereocenters. The number of ether oxygens (including phenoxy) is 1. The van der Waals surface area contributed by atoms with Gasteiger partial charge in [0.15, 0.2) is 0 Å². The number of H-pyrrole nitrogens is 1. The first kappa shape index (κ1) is 16.6. The maximum Gasteiger partial charge on any atom is 0.251 e. The third-order valence-corrected chi connectivity index (χ3v) is 4.45. The molecule has 1 aliphatic heterocycles. The van der Waals surface area contributed by atoms with E-state index in [4.69, 9.17) is 4.74 Å². The zero-order valence-corrected chi connectivity index (χ0v) is 14.0. The van der Waals surface area contributed by atoms with Crippen LogP contribution in [0.3, 0.4) is 0 Å². The van der Waals surface area contributed by atoms with E-state index in [1.54, 1.807) is 32.2 Å². The van der Waals surface area contributed by atoms with Gasteiger partial charge in [-0.25, -0.2) is 9.37 Å². The van der Waals surface area contributed by atoms with Crippen molar-refractivity contribution in [3.05, 3.63) is 57.5 Å². The number of benzene rings is 1. The number of piperidine rings is 1. The maximum absolute atomic E-state index is 14.0. The number of rotatable bonds is 4. The van der Waals surface area contributed by atoms with Crippen molar-refractivity contribution in [2.24, 2.45) is 0 Å². The Hall–Kier alpha value is -2.21. The van der Waals surface area contributed by atoms with Gasteiger partial charge in [-0.2, -0.15) is 0 Å². The van der Waals surface area contributed by atoms with E-state index >= 15 is 0 Å².